The van der Waals surface area contributed by atoms with E-state index in [0.717, 1.165) is 11.1 Å². The number of hydrogen-bond acceptors (Lipinski definition) is 3. The molecule has 0 bridgehead atoms. The molecule has 106 valence electrons. The Balaban J connectivity index is 2.55. The minimum Gasteiger partial charge on any atom is -0.493 e. The second kappa shape index (κ2) is 5.49. The lowest BCUT2D eigenvalue weighted by molar-refractivity contribution is 0.102. The molecule has 0 saturated carbocycles. The normalized spacial score (nSPS) is 10.9. The van der Waals surface area contributed by atoms with E-state index in [1.807, 2.05) is 45.9 Å². The van der Waals surface area contributed by atoms with Crippen LogP contribution in [0.25, 0.3) is 0 Å². The van der Waals surface area contributed by atoms with Crippen molar-refractivity contribution in [2.75, 3.05) is 7.11 Å². The number of aryl methyl sites for hydroxylation is 2. The molecule has 1 aromatic carbocycles. The molecule has 0 amide bonds. The number of hydrogen-bond donors (Lipinski definition) is 0. The third-order valence-corrected chi connectivity index (χ3v) is 3.31. The van der Waals surface area contributed by atoms with Crippen molar-refractivity contribution in [2.24, 2.45) is 0 Å². The van der Waals surface area contributed by atoms with Crippen LogP contribution in [0.3, 0.4) is 0 Å². The summed E-state index contributed by atoms with van der Waals surface area (Å²) in [6.45, 7) is 7.94. The quantitative estimate of drug-likeness (QED) is 0.802. The summed E-state index contributed by atoms with van der Waals surface area (Å²) in [6.07, 6.45) is 1.59. The third-order valence-electron chi connectivity index (χ3n) is 3.31. The van der Waals surface area contributed by atoms with E-state index in [-0.39, 0.29) is 11.8 Å². The van der Waals surface area contributed by atoms with Crippen LogP contribution in [0.5, 0.6) is 5.75 Å². The van der Waals surface area contributed by atoms with Crippen LogP contribution in [0.15, 0.2) is 24.4 Å². The van der Waals surface area contributed by atoms with E-state index < -0.39 is 0 Å². The molecule has 0 aliphatic heterocycles. The van der Waals surface area contributed by atoms with Gasteiger partial charge in [-0.3, -0.25) is 9.48 Å². The first kappa shape index (κ1) is 14.3. The van der Waals surface area contributed by atoms with Crippen molar-refractivity contribution in [1.82, 2.24) is 9.78 Å². The zero-order valence-electron chi connectivity index (χ0n) is 12.6. The molecule has 0 spiro atoms. The number of methoxy groups -OCH3 is 1. The van der Waals surface area contributed by atoms with E-state index in [4.69, 9.17) is 4.74 Å². The van der Waals surface area contributed by atoms with Gasteiger partial charge in [0, 0.05) is 11.6 Å². The first-order chi connectivity index (χ1) is 9.45. The highest BCUT2D eigenvalue weighted by atomic mass is 16.5. The summed E-state index contributed by atoms with van der Waals surface area (Å²) in [5.74, 6) is 0.467. The number of ether oxygens (including phenoxy) is 1. The van der Waals surface area contributed by atoms with Gasteiger partial charge in [-0.25, -0.2) is 0 Å². The average Bonchev–Trinajstić information content (AvgIpc) is 2.81. The van der Waals surface area contributed by atoms with Crippen molar-refractivity contribution in [1.29, 1.82) is 0 Å². The van der Waals surface area contributed by atoms with Gasteiger partial charge in [-0.15, -0.1) is 0 Å². The summed E-state index contributed by atoms with van der Waals surface area (Å²) in [5.41, 5.74) is 3.31. The molecular weight excluding hydrogens is 252 g/mol. The molecule has 0 unspecified atom stereocenters. The fraction of sp³-hybridized carbons (Fsp3) is 0.375. The maximum atomic E-state index is 12.8. The Hall–Kier alpha value is -2.10. The highest BCUT2D eigenvalue weighted by Crippen LogP contribution is 2.25. The van der Waals surface area contributed by atoms with E-state index in [2.05, 4.69) is 5.10 Å². The molecular formula is C16H20N2O2. The van der Waals surface area contributed by atoms with Gasteiger partial charge in [-0.2, -0.15) is 5.10 Å². The monoisotopic (exact) mass is 272 g/mol. The molecule has 2 rings (SSSR count). The second-order valence-corrected chi connectivity index (χ2v) is 5.25. The lowest BCUT2D eigenvalue weighted by Gasteiger charge is -2.12. The molecule has 4 nitrogen and oxygen atoms in total. The number of aromatic nitrogens is 2. The van der Waals surface area contributed by atoms with Crippen LogP contribution in [-0.4, -0.2) is 22.7 Å². The summed E-state index contributed by atoms with van der Waals surface area (Å²) in [7, 11) is 1.56. The van der Waals surface area contributed by atoms with E-state index in [9.17, 15) is 4.79 Å². The van der Waals surface area contributed by atoms with Crippen molar-refractivity contribution in [2.45, 2.75) is 33.7 Å². The summed E-state index contributed by atoms with van der Waals surface area (Å²) in [5, 5.41) is 4.25. The summed E-state index contributed by atoms with van der Waals surface area (Å²) in [4.78, 5) is 12.8. The summed E-state index contributed by atoms with van der Waals surface area (Å²) < 4.78 is 6.99. The van der Waals surface area contributed by atoms with Crippen molar-refractivity contribution in [3.63, 3.8) is 0 Å². The molecule has 0 aliphatic rings. The van der Waals surface area contributed by atoms with Crippen molar-refractivity contribution >= 4 is 5.78 Å². The van der Waals surface area contributed by atoms with E-state index in [1.54, 1.807) is 18.0 Å². The fourth-order valence-corrected chi connectivity index (χ4v) is 2.30. The van der Waals surface area contributed by atoms with Gasteiger partial charge in [0.15, 0.2) is 11.4 Å². The Labute approximate surface area is 119 Å². The largest absolute Gasteiger partial charge is 0.493 e. The first-order valence-electron chi connectivity index (χ1n) is 6.69. The number of carbonyl (C=O) groups is 1. The Morgan fingerprint density at radius 2 is 2.00 bits per heavy atom. The predicted octanol–water partition coefficient (Wildman–Crippen LogP) is 3.32. The van der Waals surface area contributed by atoms with Crippen molar-refractivity contribution < 1.29 is 9.53 Å². The number of benzene rings is 1. The molecule has 0 atom stereocenters. The molecule has 20 heavy (non-hydrogen) atoms. The van der Waals surface area contributed by atoms with Crippen molar-refractivity contribution in [3.05, 3.63) is 46.8 Å². The Bertz CT molecular complexity index is 642. The van der Waals surface area contributed by atoms with Gasteiger partial charge in [0.05, 0.1) is 13.3 Å². The van der Waals surface area contributed by atoms with E-state index in [0.29, 0.717) is 17.0 Å². The maximum Gasteiger partial charge on any atom is 0.215 e. The Morgan fingerprint density at radius 1 is 1.30 bits per heavy atom. The van der Waals surface area contributed by atoms with Crippen LogP contribution in [-0.2, 0) is 0 Å². The molecule has 0 fully saturated rings. The van der Waals surface area contributed by atoms with Crippen LogP contribution in [0, 0.1) is 13.8 Å². The van der Waals surface area contributed by atoms with Crippen molar-refractivity contribution in [3.8, 4) is 5.75 Å². The highest BCUT2D eigenvalue weighted by Gasteiger charge is 2.23. The Morgan fingerprint density at radius 3 is 2.55 bits per heavy atom. The zero-order chi connectivity index (χ0) is 14.9. The molecule has 1 heterocycles. The van der Waals surface area contributed by atoms with Gasteiger partial charge < -0.3 is 4.74 Å². The van der Waals surface area contributed by atoms with Crippen LogP contribution in [0.1, 0.15) is 47.1 Å². The number of carbonyl (C=O) groups excluding carboxylic acids is 1. The minimum atomic E-state index is -0.0504. The lowest BCUT2D eigenvalue weighted by Crippen LogP contribution is -2.15. The summed E-state index contributed by atoms with van der Waals surface area (Å²) >= 11 is 0. The fourth-order valence-electron chi connectivity index (χ4n) is 2.30. The number of rotatable bonds is 4. The molecule has 0 radical (unpaired) electrons. The standard InChI is InChI=1S/C16H20N2O2/c1-10(2)18-15(14(20-5)9-17-18)16(19)13-7-6-11(3)8-12(13)4/h6-10H,1-5H3. The molecule has 0 saturated heterocycles. The Kier molecular flexibility index (Phi) is 3.93. The summed E-state index contributed by atoms with van der Waals surface area (Å²) in [6, 6.07) is 5.92. The van der Waals surface area contributed by atoms with Crippen LogP contribution >= 0.6 is 0 Å². The van der Waals surface area contributed by atoms with Gasteiger partial charge in [0.25, 0.3) is 0 Å². The van der Waals surface area contributed by atoms with Crippen LogP contribution < -0.4 is 4.74 Å². The average molecular weight is 272 g/mol. The minimum absolute atomic E-state index is 0.0504. The van der Waals surface area contributed by atoms with Gasteiger partial charge in [0.2, 0.25) is 5.78 Å². The van der Waals surface area contributed by atoms with Crippen LogP contribution in [0.2, 0.25) is 0 Å². The second-order valence-electron chi connectivity index (χ2n) is 5.25. The number of ketones is 1. The third kappa shape index (κ3) is 2.46. The van der Waals surface area contributed by atoms with Gasteiger partial charge in [0.1, 0.15) is 0 Å². The maximum absolute atomic E-state index is 12.8. The smallest absolute Gasteiger partial charge is 0.215 e. The molecule has 4 heteroatoms. The van der Waals surface area contributed by atoms with Gasteiger partial charge in [-0.05, 0) is 33.3 Å². The van der Waals surface area contributed by atoms with E-state index >= 15 is 0 Å². The van der Waals surface area contributed by atoms with Gasteiger partial charge in [-0.1, -0.05) is 23.8 Å². The SMILES string of the molecule is COc1cnn(C(C)C)c1C(=O)c1ccc(C)cc1C. The molecule has 0 aliphatic carbocycles. The highest BCUT2D eigenvalue weighted by molar-refractivity contribution is 6.10. The molecule has 0 N–H and O–H groups in total. The lowest BCUT2D eigenvalue weighted by atomic mass is 10.00. The first-order valence-corrected chi connectivity index (χ1v) is 6.69. The van der Waals surface area contributed by atoms with Gasteiger partial charge >= 0.3 is 0 Å². The molecule has 2 aromatic rings. The molecule has 1 aromatic heterocycles. The predicted molar refractivity (Wildman–Crippen MR) is 78.5 cm³/mol. The zero-order valence-corrected chi connectivity index (χ0v) is 12.6. The number of nitrogens with zero attached hydrogens (tertiary/aromatic N) is 2. The van der Waals surface area contributed by atoms with Crippen LogP contribution in [0.4, 0.5) is 0 Å². The topological polar surface area (TPSA) is 44.1 Å². The van der Waals surface area contributed by atoms with E-state index in [1.165, 1.54) is 0 Å².